The van der Waals surface area contributed by atoms with Gasteiger partial charge in [-0.25, -0.2) is 0 Å². The van der Waals surface area contributed by atoms with Crippen LogP contribution in [0.2, 0.25) is 0 Å². The minimum atomic E-state index is -0.114. The molecule has 0 aliphatic rings. The maximum atomic E-state index is 9.15. The van der Waals surface area contributed by atoms with Crippen LogP contribution in [-0.2, 0) is 0 Å². The van der Waals surface area contributed by atoms with E-state index in [1.165, 1.54) is 25.7 Å². The zero-order valence-corrected chi connectivity index (χ0v) is 8.14. The fraction of sp³-hybridized carbons (Fsp3) is 1.00. The van der Waals surface area contributed by atoms with Crippen LogP contribution in [-0.4, -0.2) is 11.2 Å². The molecular weight excluding hydrogens is 136 g/mol. The van der Waals surface area contributed by atoms with E-state index >= 15 is 0 Å². The van der Waals surface area contributed by atoms with Crippen molar-refractivity contribution in [3.8, 4) is 0 Å². The summed E-state index contributed by atoms with van der Waals surface area (Å²) in [5.74, 6) is 0.745. The highest BCUT2D eigenvalue weighted by Crippen LogP contribution is 2.17. The van der Waals surface area contributed by atoms with Crippen molar-refractivity contribution in [1.29, 1.82) is 0 Å². The molecule has 0 aromatic rings. The maximum absolute atomic E-state index is 9.15. The van der Waals surface area contributed by atoms with Gasteiger partial charge in [0, 0.05) is 0 Å². The lowest BCUT2D eigenvalue weighted by Crippen LogP contribution is -2.09. The third-order valence-electron chi connectivity index (χ3n) is 2.22. The molecule has 11 heavy (non-hydrogen) atoms. The van der Waals surface area contributed by atoms with Gasteiger partial charge in [0.05, 0.1) is 6.10 Å². The standard InChI is InChI=1S/C10H22O/c1-4-6-7-10(5-2)8-9(3)11/h9-11H,4-8H2,1-3H3/t9-,10-/m0/s1. The maximum Gasteiger partial charge on any atom is 0.0514 e. The molecular formula is C10H22O. The third kappa shape index (κ3) is 6.36. The summed E-state index contributed by atoms with van der Waals surface area (Å²) >= 11 is 0. The quantitative estimate of drug-likeness (QED) is 0.630. The largest absolute Gasteiger partial charge is 0.393 e. The second-order valence-electron chi connectivity index (χ2n) is 3.50. The Kier molecular flexibility index (Phi) is 6.63. The molecule has 0 aromatic carbocycles. The van der Waals surface area contributed by atoms with Crippen LogP contribution in [0.1, 0.15) is 52.9 Å². The first-order chi connectivity index (χ1) is 5.20. The van der Waals surface area contributed by atoms with E-state index < -0.39 is 0 Å². The highest BCUT2D eigenvalue weighted by molar-refractivity contribution is 4.60. The van der Waals surface area contributed by atoms with Gasteiger partial charge < -0.3 is 5.11 Å². The van der Waals surface area contributed by atoms with Crippen molar-refractivity contribution >= 4 is 0 Å². The summed E-state index contributed by atoms with van der Waals surface area (Å²) in [5.41, 5.74) is 0. The fourth-order valence-corrected chi connectivity index (χ4v) is 1.46. The van der Waals surface area contributed by atoms with Crippen LogP contribution in [0.15, 0.2) is 0 Å². The van der Waals surface area contributed by atoms with Gasteiger partial charge in [-0.1, -0.05) is 39.5 Å². The summed E-state index contributed by atoms with van der Waals surface area (Å²) < 4.78 is 0. The highest BCUT2D eigenvalue weighted by atomic mass is 16.3. The van der Waals surface area contributed by atoms with Gasteiger partial charge in [-0.05, 0) is 19.3 Å². The van der Waals surface area contributed by atoms with E-state index in [2.05, 4.69) is 13.8 Å². The first-order valence-corrected chi connectivity index (χ1v) is 4.88. The monoisotopic (exact) mass is 158 g/mol. The van der Waals surface area contributed by atoms with Gasteiger partial charge in [-0.3, -0.25) is 0 Å². The molecule has 0 rings (SSSR count). The normalized spacial score (nSPS) is 16.4. The van der Waals surface area contributed by atoms with Crippen LogP contribution in [0.3, 0.4) is 0 Å². The van der Waals surface area contributed by atoms with E-state index in [0.29, 0.717) is 0 Å². The first kappa shape index (κ1) is 11.0. The van der Waals surface area contributed by atoms with Gasteiger partial charge in [-0.15, -0.1) is 0 Å². The molecule has 0 spiro atoms. The number of hydrogen-bond acceptors (Lipinski definition) is 1. The molecule has 0 saturated heterocycles. The molecule has 0 unspecified atom stereocenters. The topological polar surface area (TPSA) is 20.2 Å². The molecule has 68 valence electrons. The van der Waals surface area contributed by atoms with Crippen molar-refractivity contribution in [3.63, 3.8) is 0 Å². The highest BCUT2D eigenvalue weighted by Gasteiger charge is 2.08. The van der Waals surface area contributed by atoms with Crippen molar-refractivity contribution < 1.29 is 5.11 Å². The summed E-state index contributed by atoms with van der Waals surface area (Å²) in [7, 11) is 0. The molecule has 0 aromatic heterocycles. The summed E-state index contributed by atoms with van der Waals surface area (Å²) in [6.45, 7) is 6.31. The van der Waals surface area contributed by atoms with Gasteiger partial charge >= 0.3 is 0 Å². The SMILES string of the molecule is CCCC[C@H](CC)C[C@H](C)O. The average molecular weight is 158 g/mol. The van der Waals surface area contributed by atoms with E-state index in [9.17, 15) is 0 Å². The second kappa shape index (κ2) is 6.66. The van der Waals surface area contributed by atoms with E-state index in [-0.39, 0.29) is 6.10 Å². The van der Waals surface area contributed by atoms with Crippen molar-refractivity contribution in [1.82, 2.24) is 0 Å². The van der Waals surface area contributed by atoms with Gasteiger partial charge in [0.2, 0.25) is 0 Å². The molecule has 1 N–H and O–H groups in total. The molecule has 0 heterocycles. The Bertz CT molecular complexity index is 78.9. The van der Waals surface area contributed by atoms with Crippen molar-refractivity contribution in [2.45, 2.75) is 59.0 Å². The molecule has 1 nitrogen and oxygen atoms in total. The average Bonchev–Trinajstić information content (AvgIpc) is 1.97. The lowest BCUT2D eigenvalue weighted by atomic mass is 9.94. The van der Waals surface area contributed by atoms with Crippen molar-refractivity contribution in [3.05, 3.63) is 0 Å². The molecule has 0 saturated carbocycles. The molecule has 0 aliphatic heterocycles. The van der Waals surface area contributed by atoms with E-state index in [4.69, 9.17) is 5.11 Å². The Hall–Kier alpha value is -0.0400. The van der Waals surface area contributed by atoms with Gasteiger partial charge in [-0.2, -0.15) is 0 Å². The third-order valence-corrected chi connectivity index (χ3v) is 2.22. The zero-order chi connectivity index (χ0) is 8.69. The van der Waals surface area contributed by atoms with Crippen molar-refractivity contribution in [2.24, 2.45) is 5.92 Å². The van der Waals surface area contributed by atoms with Crippen LogP contribution < -0.4 is 0 Å². The molecule has 0 fully saturated rings. The lowest BCUT2D eigenvalue weighted by Gasteiger charge is -2.15. The van der Waals surface area contributed by atoms with E-state index in [0.717, 1.165) is 12.3 Å². The molecule has 0 aliphatic carbocycles. The Balaban J connectivity index is 3.41. The first-order valence-electron chi connectivity index (χ1n) is 4.88. The van der Waals surface area contributed by atoms with Crippen LogP contribution in [0.5, 0.6) is 0 Å². The Morgan fingerprint density at radius 3 is 2.27 bits per heavy atom. The summed E-state index contributed by atoms with van der Waals surface area (Å²) in [4.78, 5) is 0. The molecule has 2 atom stereocenters. The van der Waals surface area contributed by atoms with Gasteiger partial charge in [0.1, 0.15) is 0 Å². The van der Waals surface area contributed by atoms with Gasteiger partial charge in [0.15, 0.2) is 0 Å². The van der Waals surface area contributed by atoms with Crippen LogP contribution >= 0.6 is 0 Å². The van der Waals surface area contributed by atoms with Crippen LogP contribution in [0, 0.1) is 5.92 Å². The van der Waals surface area contributed by atoms with Gasteiger partial charge in [0.25, 0.3) is 0 Å². The molecule has 0 bridgehead atoms. The number of rotatable bonds is 6. The minimum absolute atomic E-state index is 0.114. The number of aliphatic hydroxyl groups is 1. The Morgan fingerprint density at radius 1 is 1.27 bits per heavy atom. The molecule has 0 amide bonds. The summed E-state index contributed by atoms with van der Waals surface area (Å²) in [6.07, 6.45) is 5.96. The van der Waals surface area contributed by atoms with E-state index in [1.807, 2.05) is 6.92 Å². The Labute approximate surface area is 70.8 Å². The predicted octanol–water partition coefficient (Wildman–Crippen LogP) is 2.97. The minimum Gasteiger partial charge on any atom is -0.393 e. The van der Waals surface area contributed by atoms with Crippen LogP contribution in [0.25, 0.3) is 0 Å². The fourth-order valence-electron chi connectivity index (χ4n) is 1.46. The molecule has 1 heteroatoms. The van der Waals surface area contributed by atoms with Crippen molar-refractivity contribution in [2.75, 3.05) is 0 Å². The van der Waals surface area contributed by atoms with Crippen LogP contribution in [0.4, 0.5) is 0 Å². The zero-order valence-electron chi connectivity index (χ0n) is 8.14. The predicted molar refractivity (Wildman–Crippen MR) is 49.6 cm³/mol. The lowest BCUT2D eigenvalue weighted by molar-refractivity contribution is 0.155. The second-order valence-corrected chi connectivity index (χ2v) is 3.50. The summed E-state index contributed by atoms with van der Waals surface area (Å²) in [5, 5.41) is 9.15. The smallest absolute Gasteiger partial charge is 0.0514 e. The Morgan fingerprint density at radius 2 is 1.91 bits per heavy atom. The number of hydrogen-bond donors (Lipinski definition) is 1. The number of unbranched alkanes of at least 4 members (excludes halogenated alkanes) is 1. The number of aliphatic hydroxyl groups excluding tert-OH is 1. The molecule has 0 radical (unpaired) electrons. The summed E-state index contributed by atoms with van der Waals surface area (Å²) in [6, 6.07) is 0. The van der Waals surface area contributed by atoms with E-state index in [1.54, 1.807) is 0 Å².